The molecule has 0 aliphatic carbocycles. The van der Waals surface area contributed by atoms with Crippen molar-refractivity contribution in [2.45, 2.75) is 37.3 Å². The van der Waals surface area contributed by atoms with E-state index in [2.05, 4.69) is 9.47 Å². The Morgan fingerprint density at radius 2 is 1.93 bits per heavy atom. The summed E-state index contributed by atoms with van der Waals surface area (Å²) >= 11 is 0. The van der Waals surface area contributed by atoms with Gasteiger partial charge in [-0.05, 0) is 6.42 Å². The monoisotopic (exact) mass is 236 g/mol. The van der Waals surface area contributed by atoms with E-state index >= 15 is 0 Å². The average molecular weight is 236 g/mol. The lowest BCUT2D eigenvalue weighted by Gasteiger charge is -2.43. The van der Waals surface area contributed by atoms with Crippen LogP contribution in [0.25, 0.3) is 0 Å². The van der Waals surface area contributed by atoms with Crippen LogP contribution in [0, 0.1) is 0 Å². The van der Waals surface area contributed by atoms with E-state index in [0.717, 1.165) is 0 Å². The van der Waals surface area contributed by atoms with Crippen LogP contribution in [0.1, 0.15) is 13.3 Å². The fourth-order valence-corrected chi connectivity index (χ4v) is 1.27. The van der Waals surface area contributed by atoms with E-state index in [4.69, 9.17) is 5.11 Å². The summed E-state index contributed by atoms with van der Waals surface area (Å²) in [4.78, 5) is 0. The van der Waals surface area contributed by atoms with Gasteiger partial charge >= 0.3 is 17.9 Å². The molecule has 0 spiro atoms. The molecule has 90 valence electrons. The topological polar surface area (TPSA) is 38.7 Å². The van der Waals surface area contributed by atoms with Crippen LogP contribution in [-0.2, 0) is 9.47 Å². The summed E-state index contributed by atoms with van der Waals surface area (Å²) < 4.78 is 71.0. The van der Waals surface area contributed by atoms with Crippen molar-refractivity contribution in [1.82, 2.24) is 0 Å². The molecule has 15 heavy (non-hydrogen) atoms. The quantitative estimate of drug-likeness (QED) is 0.703. The van der Waals surface area contributed by atoms with Gasteiger partial charge in [0.1, 0.15) is 6.10 Å². The highest BCUT2D eigenvalue weighted by Gasteiger charge is 2.75. The lowest BCUT2D eigenvalue weighted by atomic mass is 9.99. The minimum absolute atomic E-state index is 0.366. The molecule has 0 aromatic carbocycles. The van der Waals surface area contributed by atoms with Gasteiger partial charge in [0.15, 0.2) is 6.79 Å². The van der Waals surface area contributed by atoms with Crippen molar-refractivity contribution >= 4 is 0 Å². The highest BCUT2D eigenvalue weighted by Crippen LogP contribution is 2.48. The average Bonchev–Trinajstić information content (AvgIpc) is 2.07. The fourth-order valence-electron chi connectivity index (χ4n) is 1.27. The molecule has 0 saturated carbocycles. The summed E-state index contributed by atoms with van der Waals surface area (Å²) in [6, 6.07) is 0. The van der Waals surface area contributed by atoms with Crippen LogP contribution in [0.5, 0.6) is 0 Å². The summed E-state index contributed by atoms with van der Waals surface area (Å²) in [6.07, 6.45) is -7.96. The van der Waals surface area contributed by atoms with E-state index in [1.165, 1.54) is 6.92 Å². The zero-order valence-corrected chi connectivity index (χ0v) is 7.65. The second-order valence-electron chi connectivity index (χ2n) is 3.09. The maximum Gasteiger partial charge on any atom is 0.449 e. The Bertz CT molecular complexity index is 241. The molecule has 0 radical (unpaired) electrons. The lowest BCUT2D eigenvalue weighted by molar-refractivity contribution is -0.483. The van der Waals surface area contributed by atoms with Crippen LogP contribution in [0.3, 0.4) is 0 Å². The molecular weight excluding hydrogens is 227 g/mol. The summed E-state index contributed by atoms with van der Waals surface area (Å²) in [5.41, 5.74) is 0. The molecule has 0 aromatic rings. The van der Waals surface area contributed by atoms with E-state index in [-0.39, 0.29) is 6.42 Å². The minimum Gasteiger partial charge on any atom is -0.354 e. The van der Waals surface area contributed by atoms with Gasteiger partial charge in [0.25, 0.3) is 0 Å². The van der Waals surface area contributed by atoms with Crippen molar-refractivity contribution in [3.8, 4) is 0 Å². The molecule has 1 saturated heterocycles. The van der Waals surface area contributed by atoms with Crippen LogP contribution in [-0.4, -0.2) is 35.9 Å². The first-order valence-corrected chi connectivity index (χ1v) is 4.09. The third kappa shape index (κ3) is 1.70. The smallest absolute Gasteiger partial charge is 0.354 e. The Morgan fingerprint density at radius 3 is 2.33 bits per heavy atom. The Labute approximate surface area is 81.8 Å². The number of rotatable bonds is 1. The Balaban J connectivity index is 3.08. The van der Waals surface area contributed by atoms with E-state index in [1.807, 2.05) is 0 Å². The molecule has 2 unspecified atom stereocenters. The predicted molar refractivity (Wildman–Crippen MR) is 37.1 cm³/mol. The van der Waals surface area contributed by atoms with Crippen LogP contribution in [0.2, 0.25) is 0 Å². The second kappa shape index (κ2) is 3.53. The summed E-state index contributed by atoms with van der Waals surface area (Å²) in [6.45, 7) is 0.199. The summed E-state index contributed by atoms with van der Waals surface area (Å²) in [7, 11) is 0. The van der Waals surface area contributed by atoms with Crippen molar-refractivity contribution in [1.29, 1.82) is 0 Å². The molecule has 1 aliphatic rings. The Hall–Kier alpha value is -0.470. The van der Waals surface area contributed by atoms with Crippen LogP contribution >= 0.6 is 0 Å². The zero-order chi connectivity index (χ0) is 11.9. The third-order valence-corrected chi connectivity index (χ3v) is 2.15. The van der Waals surface area contributed by atoms with Crippen molar-refractivity contribution in [2.24, 2.45) is 0 Å². The Kier molecular flexibility index (Phi) is 2.97. The van der Waals surface area contributed by atoms with E-state index in [0.29, 0.717) is 0 Å². The van der Waals surface area contributed by atoms with E-state index < -0.39 is 30.8 Å². The molecule has 8 heteroatoms. The standard InChI is InChI=1S/C7H9F5O3/c1-2-4-5(8,9)6(13,7(10,11)12)15-3-14-4/h4,13H,2-3H2,1H3. The molecule has 1 N–H and O–H groups in total. The molecule has 2 atom stereocenters. The third-order valence-electron chi connectivity index (χ3n) is 2.15. The van der Waals surface area contributed by atoms with Gasteiger partial charge in [-0.25, -0.2) is 0 Å². The molecule has 1 rings (SSSR count). The normalized spacial score (nSPS) is 36.6. The van der Waals surface area contributed by atoms with Crippen LogP contribution in [0.15, 0.2) is 0 Å². The number of hydrogen-bond donors (Lipinski definition) is 1. The summed E-state index contributed by atoms with van der Waals surface area (Å²) in [5.74, 6) is -9.00. The first-order chi connectivity index (χ1) is 6.67. The SMILES string of the molecule is CCC1OCOC(O)(C(F)(F)F)C1(F)F. The van der Waals surface area contributed by atoms with Crippen LogP contribution in [0.4, 0.5) is 22.0 Å². The van der Waals surface area contributed by atoms with Crippen molar-refractivity contribution in [3.63, 3.8) is 0 Å². The molecule has 1 heterocycles. The van der Waals surface area contributed by atoms with Crippen molar-refractivity contribution < 1.29 is 36.5 Å². The molecule has 1 aliphatic heterocycles. The second-order valence-corrected chi connectivity index (χ2v) is 3.09. The van der Waals surface area contributed by atoms with Gasteiger partial charge in [0.05, 0.1) is 0 Å². The summed E-state index contributed by atoms with van der Waals surface area (Å²) in [5, 5.41) is 8.86. The number of halogens is 5. The number of aliphatic hydroxyl groups is 1. The van der Waals surface area contributed by atoms with E-state index in [1.54, 1.807) is 0 Å². The Morgan fingerprint density at radius 1 is 1.40 bits per heavy atom. The molecule has 1 fully saturated rings. The van der Waals surface area contributed by atoms with Gasteiger partial charge in [-0.15, -0.1) is 0 Å². The first-order valence-electron chi connectivity index (χ1n) is 4.09. The van der Waals surface area contributed by atoms with Gasteiger partial charge in [-0.2, -0.15) is 22.0 Å². The fraction of sp³-hybridized carbons (Fsp3) is 1.00. The maximum atomic E-state index is 13.2. The van der Waals surface area contributed by atoms with Gasteiger partial charge in [0, 0.05) is 0 Å². The number of alkyl halides is 5. The molecular formula is C7H9F5O3. The highest BCUT2D eigenvalue weighted by atomic mass is 19.4. The molecule has 3 nitrogen and oxygen atoms in total. The van der Waals surface area contributed by atoms with Crippen molar-refractivity contribution in [2.75, 3.05) is 6.79 Å². The largest absolute Gasteiger partial charge is 0.449 e. The van der Waals surface area contributed by atoms with Gasteiger partial charge in [0.2, 0.25) is 0 Å². The molecule has 0 amide bonds. The van der Waals surface area contributed by atoms with Gasteiger partial charge in [-0.1, -0.05) is 6.92 Å². The number of ether oxygens (including phenoxy) is 2. The zero-order valence-electron chi connectivity index (χ0n) is 7.65. The maximum absolute atomic E-state index is 13.2. The van der Waals surface area contributed by atoms with Crippen molar-refractivity contribution in [3.05, 3.63) is 0 Å². The number of hydrogen-bond acceptors (Lipinski definition) is 3. The van der Waals surface area contributed by atoms with Gasteiger partial charge in [-0.3, -0.25) is 0 Å². The predicted octanol–water partition coefficient (Wildman–Crippen LogP) is 1.66. The lowest BCUT2D eigenvalue weighted by Crippen LogP contribution is -2.68. The highest BCUT2D eigenvalue weighted by molar-refractivity contribution is 4.98. The molecule has 0 bridgehead atoms. The van der Waals surface area contributed by atoms with Crippen LogP contribution < -0.4 is 0 Å². The first kappa shape index (κ1) is 12.6. The van der Waals surface area contributed by atoms with Gasteiger partial charge < -0.3 is 14.6 Å². The molecule has 0 aromatic heterocycles. The minimum atomic E-state index is -5.58. The van der Waals surface area contributed by atoms with E-state index in [9.17, 15) is 22.0 Å².